The first-order valence-electron chi connectivity index (χ1n) is 5.92. The predicted molar refractivity (Wildman–Crippen MR) is 64.1 cm³/mol. The highest BCUT2D eigenvalue weighted by Gasteiger charge is 2.28. The van der Waals surface area contributed by atoms with E-state index < -0.39 is 0 Å². The van der Waals surface area contributed by atoms with Gasteiger partial charge in [-0.25, -0.2) is 0 Å². The van der Waals surface area contributed by atoms with Crippen LogP contribution in [-0.2, 0) is 0 Å². The summed E-state index contributed by atoms with van der Waals surface area (Å²) in [5, 5.41) is 1.15. The molecule has 0 aromatic carbocycles. The van der Waals surface area contributed by atoms with Crippen molar-refractivity contribution < 1.29 is 0 Å². The van der Waals surface area contributed by atoms with Gasteiger partial charge >= 0.3 is 0 Å². The molecule has 0 aromatic rings. The van der Waals surface area contributed by atoms with E-state index in [4.69, 9.17) is 0 Å². The zero-order valence-corrected chi connectivity index (χ0v) is 10.5. The molecule has 1 atom stereocenters. The maximum absolute atomic E-state index is 3.52. The third kappa shape index (κ3) is 2.71. The molecule has 2 aliphatic heterocycles. The average molecular weight is 261 g/mol. The maximum atomic E-state index is 3.52. The highest BCUT2D eigenvalue weighted by molar-refractivity contribution is 9.09. The van der Waals surface area contributed by atoms with Crippen LogP contribution in [0.3, 0.4) is 0 Å². The molecular weight excluding hydrogens is 240 g/mol. The first-order chi connectivity index (χ1) is 6.90. The Morgan fingerprint density at radius 2 is 2.00 bits per heavy atom. The van der Waals surface area contributed by atoms with Gasteiger partial charge in [-0.05, 0) is 51.9 Å². The maximum Gasteiger partial charge on any atom is 0.0223 e. The summed E-state index contributed by atoms with van der Waals surface area (Å²) in [6, 6.07) is 0.882. The third-order valence-electron chi connectivity index (χ3n) is 3.50. The van der Waals surface area contributed by atoms with Crippen LogP contribution in [0.1, 0.15) is 25.7 Å². The molecule has 3 heteroatoms. The van der Waals surface area contributed by atoms with E-state index in [1.807, 2.05) is 0 Å². The minimum Gasteiger partial charge on any atom is -0.302 e. The molecule has 2 nitrogen and oxygen atoms in total. The lowest BCUT2D eigenvalue weighted by Gasteiger charge is -2.25. The molecule has 0 spiro atoms. The Balaban J connectivity index is 1.82. The molecule has 2 rings (SSSR count). The van der Waals surface area contributed by atoms with Crippen molar-refractivity contribution in [1.29, 1.82) is 0 Å². The molecule has 0 aliphatic carbocycles. The summed E-state index contributed by atoms with van der Waals surface area (Å²) >= 11 is 3.52. The Bertz CT molecular complexity index is 173. The van der Waals surface area contributed by atoms with Gasteiger partial charge in [-0.15, -0.1) is 0 Å². The van der Waals surface area contributed by atoms with Gasteiger partial charge in [0.2, 0.25) is 0 Å². The molecule has 82 valence electrons. The summed E-state index contributed by atoms with van der Waals surface area (Å²) in [6.07, 6.45) is 5.53. The predicted octanol–water partition coefficient (Wildman–Crippen LogP) is 1.94. The van der Waals surface area contributed by atoms with Gasteiger partial charge < -0.3 is 4.90 Å². The van der Waals surface area contributed by atoms with E-state index in [1.54, 1.807) is 0 Å². The average Bonchev–Trinajstić information content (AvgIpc) is 2.54. The minimum absolute atomic E-state index is 0.882. The van der Waals surface area contributed by atoms with Crippen molar-refractivity contribution in [2.24, 2.45) is 0 Å². The monoisotopic (exact) mass is 260 g/mol. The SMILES string of the molecule is BrCCCN1CCCN2CCCC2C1. The topological polar surface area (TPSA) is 6.48 Å². The summed E-state index contributed by atoms with van der Waals surface area (Å²) in [6.45, 7) is 6.63. The lowest BCUT2D eigenvalue weighted by molar-refractivity contribution is 0.221. The van der Waals surface area contributed by atoms with E-state index in [0.717, 1.165) is 11.4 Å². The molecule has 2 aliphatic rings. The van der Waals surface area contributed by atoms with Gasteiger partial charge in [0.1, 0.15) is 0 Å². The van der Waals surface area contributed by atoms with Gasteiger partial charge in [0, 0.05) is 17.9 Å². The number of rotatable bonds is 3. The van der Waals surface area contributed by atoms with Crippen molar-refractivity contribution in [1.82, 2.24) is 9.80 Å². The third-order valence-corrected chi connectivity index (χ3v) is 4.06. The van der Waals surface area contributed by atoms with Gasteiger partial charge in [-0.3, -0.25) is 4.90 Å². The molecule has 2 saturated heterocycles. The van der Waals surface area contributed by atoms with Crippen molar-refractivity contribution in [3.05, 3.63) is 0 Å². The Morgan fingerprint density at radius 1 is 1.14 bits per heavy atom. The fraction of sp³-hybridized carbons (Fsp3) is 1.00. The smallest absolute Gasteiger partial charge is 0.0223 e. The summed E-state index contributed by atoms with van der Waals surface area (Å²) in [5.41, 5.74) is 0. The molecule has 0 bridgehead atoms. The number of halogens is 1. The number of fused-ring (bicyclic) bond motifs is 1. The van der Waals surface area contributed by atoms with Crippen molar-refractivity contribution in [3.8, 4) is 0 Å². The lowest BCUT2D eigenvalue weighted by Crippen LogP contribution is -2.37. The van der Waals surface area contributed by atoms with Crippen LogP contribution in [0, 0.1) is 0 Å². The second-order valence-electron chi connectivity index (χ2n) is 4.53. The van der Waals surface area contributed by atoms with Crippen LogP contribution in [0.15, 0.2) is 0 Å². The highest BCUT2D eigenvalue weighted by atomic mass is 79.9. The van der Waals surface area contributed by atoms with Crippen LogP contribution in [-0.4, -0.2) is 53.9 Å². The molecule has 0 aromatic heterocycles. The number of hydrogen-bond acceptors (Lipinski definition) is 2. The van der Waals surface area contributed by atoms with E-state index in [2.05, 4.69) is 25.7 Å². The first-order valence-corrected chi connectivity index (χ1v) is 7.04. The van der Waals surface area contributed by atoms with E-state index >= 15 is 0 Å². The summed E-state index contributed by atoms with van der Waals surface area (Å²) in [5.74, 6) is 0. The number of alkyl halides is 1. The molecule has 1 unspecified atom stereocenters. The van der Waals surface area contributed by atoms with Gasteiger partial charge in [0.05, 0.1) is 0 Å². The fourth-order valence-electron chi connectivity index (χ4n) is 2.77. The second kappa shape index (κ2) is 5.47. The van der Waals surface area contributed by atoms with Crippen molar-refractivity contribution in [3.63, 3.8) is 0 Å². The highest BCUT2D eigenvalue weighted by Crippen LogP contribution is 2.21. The zero-order chi connectivity index (χ0) is 9.80. The van der Waals surface area contributed by atoms with Gasteiger partial charge in [0.15, 0.2) is 0 Å². The molecule has 0 amide bonds. The van der Waals surface area contributed by atoms with Crippen LogP contribution < -0.4 is 0 Å². The van der Waals surface area contributed by atoms with Crippen LogP contribution in [0.25, 0.3) is 0 Å². The molecule has 2 fully saturated rings. The Labute approximate surface area is 95.8 Å². The zero-order valence-electron chi connectivity index (χ0n) is 8.92. The largest absolute Gasteiger partial charge is 0.302 e. The van der Waals surface area contributed by atoms with E-state index in [0.29, 0.717) is 0 Å². The van der Waals surface area contributed by atoms with Crippen LogP contribution in [0.5, 0.6) is 0 Å². The van der Waals surface area contributed by atoms with Gasteiger partial charge in [0.25, 0.3) is 0 Å². The quantitative estimate of drug-likeness (QED) is 0.716. The normalized spacial score (nSPS) is 30.2. The Kier molecular flexibility index (Phi) is 4.26. The second-order valence-corrected chi connectivity index (χ2v) is 5.32. The van der Waals surface area contributed by atoms with Crippen molar-refractivity contribution in [2.75, 3.05) is 38.1 Å². The van der Waals surface area contributed by atoms with E-state index in [1.165, 1.54) is 58.4 Å². The minimum atomic E-state index is 0.882. The molecule has 0 radical (unpaired) electrons. The van der Waals surface area contributed by atoms with Gasteiger partial charge in [-0.1, -0.05) is 15.9 Å². The molecule has 0 saturated carbocycles. The van der Waals surface area contributed by atoms with E-state index in [-0.39, 0.29) is 0 Å². The Morgan fingerprint density at radius 3 is 2.86 bits per heavy atom. The fourth-order valence-corrected chi connectivity index (χ4v) is 3.02. The van der Waals surface area contributed by atoms with Gasteiger partial charge in [-0.2, -0.15) is 0 Å². The summed E-state index contributed by atoms with van der Waals surface area (Å²) < 4.78 is 0. The van der Waals surface area contributed by atoms with Crippen LogP contribution in [0.2, 0.25) is 0 Å². The molecule has 14 heavy (non-hydrogen) atoms. The Hall–Kier alpha value is 0.400. The number of nitrogens with zero attached hydrogens (tertiary/aromatic N) is 2. The molecule has 0 N–H and O–H groups in total. The number of hydrogen-bond donors (Lipinski definition) is 0. The molecule has 2 heterocycles. The van der Waals surface area contributed by atoms with Crippen molar-refractivity contribution in [2.45, 2.75) is 31.7 Å². The summed E-state index contributed by atoms with van der Waals surface area (Å²) in [7, 11) is 0. The standard InChI is InChI=1S/C11H21BrN2/c12-5-2-6-13-7-3-9-14-8-1-4-11(14)10-13/h11H,1-10H2. The first kappa shape index (κ1) is 10.9. The van der Waals surface area contributed by atoms with Crippen LogP contribution in [0.4, 0.5) is 0 Å². The lowest BCUT2D eigenvalue weighted by atomic mass is 10.2. The van der Waals surface area contributed by atoms with E-state index in [9.17, 15) is 0 Å². The van der Waals surface area contributed by atoms with Crippen molar-refractivity contribution >= 4 is 15.9 Å². The summed E-state index contributed by atoms with van der Waals surface area (Å²) in [4.78, 5) is 5.37. The van der Waals surface area contributed by atoms with Crippen LogP contribution >= 0.6 is 15.9 Å². The molecular formula is C11H21BrN2.